The first kappa shape index (κ1) is 14.8. The number of para-hydroxylation sites is 1. The zero-order valence-electron chi connectivity index (χ0n) is 12.4. The standard InChI is InChI=1S/C16H19NO5/c1-21-9-12(15(19)20)17-14(18)11-8-16(11)6-7-22-13-5-3-2-4-10(13)16/h2-5,11-12H,6-9H2,1H3,(H,17,18)(H,19,20)/t11-,12?,16-/m0/s1. The van der Waals surface area contributed by atoms with E-state index in [0.717, 1.165) is 24.2 Å². The first-order chi connectivity index (χ1) is 10.6. The van der Waals surface area contributed by atoms with E-state index in [-0.39, 0.29) is 23.8 Å². The molecule has 1 saturated carbocycles. The minimum Gasteiger partial charge on any atom is -0.493 e. The van der Waals surface area contributed by atoms with Gasteiger partial charge < -0.3 is 19.9 Å². The highest BCUT2D eigenvalue weighted by molar-refractivity contribution is 5.89. The van der Waals surface area contributed by atoms with Gasteiger partial charge in [-0.15, -0.1) is 0 Å². The van der Waals surface area contributed by atoms with Crippen LogP contribution in [0.4, 0.5) is 0 Å². The lowest BCUT2D eigenvalue weighted by Gasteiger charge is -2.27. The first-order valence-corrected chi connectivity index (χ1v) is 7.33. The second-order valence-electron chi connectivity index (χ2n) is 5.86. The molecule has 1 aliphatic heterocycles. The largest absolute Gasteiger partial charge is 0.493 e. The predicted molar refractivity (Wildman–Crippen MR) is 77.8 cm³/mol. The fraction of sp³-hybridized carbons (Fsp3) is 0.500. The zero-order chi connectivity index (χ0) is 15.7. The Hall–Kier alpha value is -2.08. The Balaban J connectivity index is 1.74. The lowest BCUT2D eigenvalue weighted by molar-refractivity contribution is -0.143. The number of nitrogens with one attached hydrogen (secondary N) is 1. The lowest BCUT2D eigenvalue weighted by Crippen LogP contribution is -2.45. The van der Waals surface area contributed by atoms with Crippen molar-refractivity contribution in [1.82, 2.24) is 5.32 Å². The summed E-state index contributed by atoms with van der Waals surface area (Å²) in [6, 6.07) is 6.74. The summed E-state index contributed by atoms with van der Waals surface area (Å²) in [5.41, 5.74) is 0.856. The van der Waals surface area contributed by atoms with Crippen molar-refractivity contribution in [2.75, 3.05) is 20.3 Å². The maximum atomic E-state index is 12.4. The van der Waals surface area contributed by atoms with Crippen LogP contribution >= 0.6 is 0 Å². The first-order valence-electron chi connectivity index (χ1n) is 7.33. The third kappa shape index (κ3) is 2.43. The molecule has 1 aromatic carbocycles. The zero-order valence-corrected chi connectivity index (χ0v) is 12.4. The van der Waals surface area contributed by atoms with Crippen molar-refractivity contribution >= 4 is 11.9 Å². The molecule has 1 unspecified atom stereocenters. The molecule has 1 heterocycles. The van der Waals surface area contributed by atoms with Crippen LogP contribution in [0.2, 0.25) is 0 Å². The van der Waals surface area contributed by atoms with Crippen LogP contribution in [0.5, 0.6) is 5.75 Å². The van der Waals surface area contributed by atoms with Gasteiger partial charge >= 0.3 is 5.97 Å². The van der Waals surface area contributed by atoms with Gasteiger partial charge in [-0.05, 0) is 18.9 Å². The van der Waals surface area contributed by atoms with E-state index >= 15 is 0 Å². The molecular formula is C16H19NO5. The SMILES string of the molecule is COCC(NC(=O)[C@@H]1C[C@]12CCOc1ccccc12)C(=O)O. The molecular weight excluding hydrogens is 286 g/mol. The van der Waals surface area contributed by atoms with E-state index in [1.165, 1.54) is 7.11 Å². The van der Waals surface area contributed by atoms with Crippen LogP contribution in [0, 0.1) is 5.92 Å². The van der Waals surface area contributed by atoms with E-state index in [1.807, 2.05) is 24.3 Å². The van der Waals surface area contributed by atoms with E-state index in [0.29, 0.717) is 6.61 Å². The minimum absolute atomic E-state index is 0.0412. The van der Waals surface area contributed by atoms with Crippen LogP contribution < -0.4 is 10.1 Å². The molecule has 1 aromatic rings. The molecule has 22 heavy (non-hydrogen) atoms. The number of amides is 1. The number of fused-ring (bicyclic) bond motifs is 2. The third-order valence-corrected chi connectivity index (χ3v) is 4.57. The smallest absolute Gasteiger partial charge is 0.328 e. The second kappa shape index (κ2) is 5.61. The van der Waals surface area contributed by atoms with Gasteiger partial charge in [0.15, 0.2) is 6.04 Å². The van der Waals surface area contributed by atoms with Crippen molar-refractivity contribution in [2.24, 2.45) is 5.92 Å². The average molecular weight is 305 g/mol. The number of hydrogen-bond acceptors (Lipinski definition) is 4. The van der Waals surface area contributed by atoms with Crippen LogP contribution in [-0.2, 0) is 19.7 Å². The number of carboxylic acids is 1. The average Bonchev–Trinajstić information content (AvgIpc) is 3.22. The van der Waals surface area contributed by atoms with Gasteiger partial charge in [0.05, 0.1) is 13.2 Å². The number of carbonyl (C=O) groups excluding carboxylic acids is 1. The Bertz CT molecular complexity index is 602. The fourth-order valence-corrected chi connectivity index (χ4v) is 3.32. The Morgan fingerprint density at radius 2 is 2.27 bits per heavy atom. The van der Waals surface area contributed by atoms with Gasteiger partial charge in [0.25, 0.3) is 0 Å². The highest BCUT2D eigenvalue weighted by Gasteiger charge is 2.61. The van der Waals surface area contributed by atoms with Gasteiger partial charge in [0.1, 0.15) is 5.75 Å². The summed E-state index contributed by atoms with van der Waals surface area (Å²) >= 11 is 0. The van der Waals surface area contributed by atoms with E-state index < -0.39 is 12.0 Å². The van der Waals surface area contributed by atoms with Crippen molar-refractivity contribution in [3.63, 3.8) is 0 Å². The fourth-order valence-electron chi connectivity index (χ4n) is 3.32. The molecule has 118 valence electrons. The quantitative estimate of drug-likeness (QED) is 0.846. The third-order valence-electron chi connectivity index (χ3n) is 4.57. The van der Waals surface area contributed by atoms with Gasteiger partial charge in [-0.1, -0.05) is 18.2 Å². The van der Waals surface area contributed by atoms with E-state index in [9.17, 15) is 9.59 Å². The molecule has 6 heteroatoms. The molecule has 0 aromatic heterocycles. The van der Waals surface area contributed by atoms with Crippen LogP contribution in [0.1, 0.15) is 18.4 Å². The summed E-state index contributed by atoms with van der Waals surface area (Å²) < 4.78 is 10.5. The molecule has 2 N–H and O–H groups in total. The normalized spacial score (nSPS) is 26.7. The van der Waals surface area contributed by atoms with E-state index in [1.54, 1.807) is 0 Å². The topological polar surface area (TPSA) is 84.9 Å². The maximum absolute atomic E-state index is 12.4. The minimum atomic E-state index is -1.09. The second-order valence-corrected chi connectivity index (χ2v) is 5.86. The van der Waals surface area contributed by atoms with Crippen LogP contribution in [-0.4, -0.2) is 43.3 Å². The maximum Gasteiger partial charge on any atom is 0.328 e. The Kier molecular flexibility index (Phi) is 3.78. The van der Waals surface area contributed by atoms with Crippen LogP contribution in [0.3, 0.4) is 0 Å². The molecule has 0 bridgehead atoms. The monoisotopic (exact) mass is 305 g/mol. The highest BCUT2D eigenvalue weighted by Crippen LogP contribution is 2.60. The molecule has 1 amide bonds. The summed E-state index contributed by atoms with van der Waals surface area (Å²) in [4.78, 5) is 23.5. The Morgan fingerprint density at radius 1 is 1.50 bits per heavy atom. The Morgan fingerprint density at radius 3 is 3.00 bits per heavy atom. The molecule has 2 aliphatic rings. The number of rotatable bonds is 5. The molecule has 1 aliphatic carbocycles. The van der Waals surface area contributed by atoms with Crippen molar-refractivity contribution < 1.29 is 24.2 Å². The summed E-state index contributed by atoms with van der Waals surface area (Å²) in [6.45, 7) is 0.543. The van der Waals surface area contributed by atoms with E-state index in [2.05, 4.69) is 5.32 Å². The summed E-state index contributed by atoms with van der Waals surface area (Å²) in [5.74, 6) is -0.676. The van der Waals surface area contributed by atoms with E-state index in [4.69, 9.17) is 14.6 Å². The number of ether oxygens (including phenoxy) is 2. The van der Waals surface area contributed by atoms with Gasteiger partial charge in [0.2, 0.25) is 5.91 Å². The summed E-state index contributed by atoms with van der Waals surface area (Å²) in [5, 5.41) is 11.7. The van der Waals surface area contributed by atoms with Gasteiger partial charge in [-0.25, -0.2) is 4.79 Å². The molecule has 1 spiro atoms. The molecule has 0 saturated heterocycles. The van der Waals surface area contributed by atoms with Gasteiger partial charge in [-0.3, -0.25) is 4.79 Å². The van der Waals surface area contributed by atoms with Crippen molar-refractivity contribution in [2.45, 2.75) is 24.3 Å². The number of benzene rings is 1. The van der Waals surface area contributed by atoms with Gasteiger partial charge in [0, 0.05) is 24.0 Å². The number of carboxylic acid groups (broad SMARTS) is 1. The van der Waals surface area contributed by atoms with Crippen LogP contribution in [0.15, 0.2) is 24.3 Å². The number of carbonyl (C=O) groups is 2. The molecule has 6 nitrogen and oxygen atoms in total. The molecule has 3 atom stereocenters. The summed E-state index contributed by atoms with van der Waals surface area (Å²) in [7, 11) is 1.41. The summed E-state index contributed by atoms with van der Waals surface area (Å²) in [6.07, 6.45) is 1.52. The number of aliphatic carboxylic acids is 1. The van der Waals surface area contributed by atoms with Crippen molar-refractivity contribution in [3.8, 4) is 5.75 Å². The lowest BCUT2D eigenvalue weighted by atomic mass is 9.87. The number of hydrogen-bond donors (Lipinski definition) is 2. The molecule has 1 fully saturated rings. The number of methoxy groups -OCH3 is 1. The highest BCUT2D eigenvalue weighted by atomic mass is 16.5. The molecule has 0 radical (unpaired) electrons. The Labute approximate surface area is 128 Å². The van der Waals surface area contributed by atoms with Crippen molar-refractivity contribution in [3.05, 3.63) is 29.8 Å². The molecule has 3 rings (SSSR count). The van der Waals surface area contributed by atoms with Crippen LogP contribution in [0.25, 0.3) is 0 Å². The van der Waals surface area contributed by atoms with Gasteiger partial charge in [-0.2, -0.15) is 0 Å². The predicted octanol–water partition coefficient (Wildman–Crippen LogP) is 0.943. The van der Waals surface area contributed by atoms with Crippen molar-refractivity contribution in [1.29, 1.82) is 0 Å².